The molecule has 1 heterocycles. The molecule has 0 unspecified atom stereocenters. The van der Waals surface area contributed by atoms with Gasteiger partial charge in [-0.1, -0.05) is 6.92 Å². The van der Waals surface area contributed by atoms with Gasteiger partial charge in [0.05, 0.1) is 25.7 Å². The standard InChI is InChI=1S/C14H17NO5S/c1-4-9(16)15-12-11(14(18)20-3)10-7(13(17)19-2)5-6-8(10)21-12/h7H,4-6H2,1-3H3,(H,15,16)/t7-/m0/s1. The summed E-state index contributed by atoms with van der Waals surface area (Å²) in [5, 5.41) is 3.16. The van der Waals surface area contributed by atoms with Crippen molar-refractivity contribution in [2.24, 2.45) is 0 Å². The van der Waals surface area contributed by atoms with Crippen LogP contribution in [0.15, 0.2) is 0 Å². The Morgan fingerprint density at radius 2 is 2.00 bits per heavy atom. The number of hydrogen-bond acceptors (Lipinski definition) is 6. The van der Waals surface area contributed by atoms with E-state index in [9.17, 15) is 14.4 Å². The van der Waals surface area contributed by atoms with Crippen LogP contribution < -0.4 is 5.32 Å². The summed E-state index contributed by atoms with van der Waals surface area (Å²) < 4.78 is 9.60. The lowest BCUT2D eigenvalue weighted by Gasteiger charge is -2.11. The largest absolute Gasteiger partial charge is 0.469 e. The molecule has 21 heavy (non-hydrogen) atoms. The van der Waals surface area contributed by atoms with Crippen LogP contribution in [0, 0.1) is 0 Å². The van der Waals surface area contributed by atoms with Gasteiger partial charge in [-0.15, -0.1) is 11.3 Å². The summed E-state index contributed by atoms with van der Waals surface area (Å²) in [4.78, 5) is 36.5. The number of carbonyl (C=O) groups excluding carboxylic acids is 3. The first-order valence-electron chi connectivity index (χ1n) is 6.65. The summed E-state index contributed by atoms with van der Waals surface area (Å²) in [7, 11) is 2.60. The van der Waals surface area contributed by atoms with Crippen molar-refractivity contribution in [3.8, 4) is 0 Å². The molecule has 0 aliphatic heterocycles. The molecule has 1 aliphatic rings. The molecule has 0 saturated carbocycles. The predicted octanol–water partition coefficient (Wildman–Crippen LogP) is 2.09. The van der Waals surface area contributed by atoms with Gasteiger partial charge in [0.25, 0.3) is 0 Å². The summed E-state index contributed by atoms with van der Waals surface area (Å²) in [5.74, 6) is -1.57. The number of hydrogen-bond donors (Lipinski definition) is 1. The van der Waals surface area contributed by atoms with Crippen LogP contribution in [0.5, 0.6) is 0 Å². The molecule has 1 N–H and O–H groups in total. The zero-order valence-corrected chi connectivity index (χ0v) is 13.0. The minimum atomic E-state index is -0.547. The van der Waals surface area contributed by atoms with Crippen molar-refractivity contribution >= 4 is 34.2 Å². The van der Waals surface area contributed by atoms with Crippen LogP contribution in [0.1, 0.15) is 46.5 Å². The highest BCUT2D eigenvalue weighted by Crippen LogP contribution is 2.45. The Morgan fingerprint density at radius 3 is 2.57 bits per heavy atom. The fraction of sp³-hybridized carbons (Fsp3) is 0.500. The Morgan fingerprint density at radius 1 is 1.29 bits per heavy atom. The Labute approximate surface area is 126 Å². The Balaban J connectivity index is 2.48. The normalized spacial score (nSPS) is 16.2. The molecule has 1 aliphatic carbocycles. The molecule has 6 nitrogen and oxygen atoms in total. The predicted molar refractivity (Wildman–Crippen MR) is 77.7 cm³/mol. The minimum Gasteiger partial charge on any atom is -0.469 e. The highest BCUT2D eigenvalue weighted by Gasteiger charge is 2.38. The zero-order chi connectivity index (χ0) is 15.6. The van der Waals surface area contributed by atoms with Crippen molar-refractivity contribution in [2.45, 2.75) is 32.1 Å². The van der Waals surface area contributed by atoms with Crippen LogP contribution in [-0.2, 0) is 25.5 Å². The van der Waals surface area contributed by atoms with Gasteiger partial charge in [0.1, 0.15) is 5.00 Å². The molecule has 1 aromatic heterocycles. The summed E-state index contributed by atoms with van der Waals surface area (Å²) in [6.45, 7) is 1.73. The molecule has 1 atom stereocenters. The number of aryl methyl sites for hydroxylation is 1. The lowest BCUT2D eigenvalue weighted by molar-refractivity contribution is -0.142. The van der Waals surface area contributed by atoms with E-state index in [1.165, 1.54) is 25.6 Å². The van der Waals surface area contributed by atoms with E-state index in [1.807, 2.05) is 0 Å². The Hall–Kier alpha value is -1.89. The van der Waals surface area contributed by atoms with Crippen molar-refractivity contribution < 1.29 is 23.9 Å². The van der Waals surface area contributed by atoms with E-state index in [2.05, 4.69) is 5.32 Å². The highest BCUT2D eigenvalue weighted by molar-refractivity contribution is 7.17. The summed E-state index contributed by atoms with van der Waals surface area (Å²) in [6.07, 6.45) is 1.61. The molecule has 7 heteroatoms. The van der Waals surface area contributed by atoms with Crippen molar-refractivity contribution in [3.05, 3.63) is 16.0 Å². The second kappa shape index (κ2) is 6.26. The molecule has 2 rings (SSSR count). The molecule has 1 amide bonds. The highest BCUT2D eigenvalue weighted by atomic mass is 32.1. The Bertz CT molecular complexity index is 592. The molecule has 0 bridgehead atoms. The Kier molecular flexibility index (Phi) is 4.62. The van der Waals surface area contributed by atoms with Crippen LogP contribution in [0.4, 0.5) is 5.00 Å². The molecular formula is C14H17NO5S. The van der Waals surface area contributed by atoms with Gasteiger partial charge in [-0.25, -0.2) is 4.79 Å². The molecule has 114 valence electrons. The number of fused-ring (bicyclic) bond motifs is 1. The molecular weight excluding hydrogens is 294 g/mol. The van der Waals surface area contributed by atoms with Crippen LogP contribution >= 0.6 is 11.3 Å². The molecule has 0 aromatic carbocycles. The maximum atomic E-state index is 12.1. The van der Waals surface area contributed by atoms with Crippen molar-refractivity contribution in [2.75, 3.05) is 19.5 Å². The molecule has 0 spiro atoms. The van der Waals surface area contributed by atoms with E-state index in [0.717, 1.165) is 4.88 Å². The van der Waals surface area contributed by atoms with E-state index in [-0.39, 0.29) is 17.4 Å². The molecule has 0 fully saturated rings. The molecule has 0 radical (unpaired) electrons. The number of rotatable bonds is 4. The van der Waals surface area contributed by atoms with E-state index >= 15 is 0 Å². The maximum Gasteiger partial charge on any atom is 0.341 e. The fourth-order valence-electron chi connectivity index (χ4n) is 2.45. The number of thiophene rings is 1. The number of nitrogens with one attached hydrogen (secondary N) is 1. The van der Waals surface area contributed by atoms with Gasteiger partial charge in [-0.3, -0.25) is 9.59 Å². The van der Waals surface area contributed by atoms with Gasteiger partial charge in [0, 0.05) is 11.3 Å². The van der Waals surface area contributed by atoms with Crippen molar-refractivity contribution in [1.29, 1.82) is 0 Å². The first kappa shape index (κ1) is 15.5. The third-order valence-electron chi connectivity index (χ3n) is 3.48. The van der Waals surface area contributed by atoms with Gasteiger partial charge in [0.2, 0.25) is 5.91 Å². The summed E-state index contributed by atoms with van der Waals surface area (Å²) >= 11 is 1.33. The van der Waals surface area contributed by atoms with Crippen molar-refractivity contribution in [3.63, 3.8) is 0 Å². The summed E-state index contributed by atoms with van der Waals surface area (Å²) in [6, 6.07) is 0. The van der Waals surface area contributed by atoms with Crippen LogP contribution in [0.2, 0.25) is 0 Å². The van der Waals surface area contributed by atoms with Crippen LogP contribution in [-0.4, -0.2) is 32.1 Å². The van der Waals surface area contributed by atoms with Crippen LogP contribution in [0.3, 0.4) is 0 Å². The SMILES string of the molecule is CCC(=O)Nc1sc2c(c1C(=O)OC)[C@@H](C(=O)OC)CC2. The molecule has 0 saturated heterocycles. The first-order valence-corrected chi connectivity index (χ1v) is 7.46. The van der Waals surface area contributed by atoms with Crippen LogP contribution in [0.25, 0.3) is 0 Å². The lowest BCUT2D eigenvalue weighted by Crippen LogP contribution is -2.17. The number of ether oxygens (including phenoxy) is 2. The number of amides is 1. The van der Waals surface area contributed by atoms with E-state index < -0.39 is 11.9 Å². The van der Waals surface area contributed by atoms with Gasteiger partial charge in [0.15, 0.2) is 0 Å². The third kappa shape index (κ3) is 2.78. The molecule has 1 aromatic rings. The topological polar surface area (TPSA) is 81.7 Å². The number of esters is 2. The maximum absolute atomic E-state index is 12.1. The lowest BCUT2D eigenvalue weighted by atomic mass is 9.99. The average molecular weight is 311 g/mol. The van der Waals surface area contributed by atoms with Gasteiger partial charge >= 0.3 is 11.9 Å². The summed E-state index contributed by atoms with van der Waals surface area (Å²) in [5.41, 5.74) is 0.928. The van der Waals surface area contributed by atoms with E-state index in [1.54, 1.807) is 6.92 Å². The zero-order valence-electron chi connectivity index (χ0n) is 12.1. The average Bonchev–Trinajstić information content (AvgIpc) is 3.03. The fourth-order valence-corrected chi connectivity index (χ4v) is 3.73. The van der Waals surface area contributed by atoms with E-state index in [4.69, 9.17) is 9.47 Å². The first-order chi connectivity index (χ1) is 10.0. The van der Waals surface area contributed by atoms with Gasteiger partial charge in [-0.05, 0) is 18.4 Å². The quantitative estimate of drug-likeness (QED) is 0.861. The number of methoxy groups -OCH3 is 2. The number of carbonyl (C=O) groups is 3. The second-order valence-electron chi connectivity index (χ2n) is 4.65. The van der Waals surface area contributed by atoms with Gasteiger partial charge in [-0.2, -0.15) is 0 Å². The van der Waals surface area contributed by atoms with E-state index in [0.29, 0.717) is 29.8 Å². The third-order valence-corrected chi connectivity index (χ3v) is 4.66. The monoisotopic (exact) mass is 311 g/mol. The number of anilines is 1. The minimum absolute atomic E-state index is 0.185. The van der Waals surface area contributed by atoms with Gasteiger partial charge < -0.3 is 14.8 Å². The smallest absolute Gasteiger partial charge is 0.341 e. The second-order valence-corrected chi connectivity index (χ2v) is 5.76. The van der Waals surface area contributed by atoms with Crippen molar-refractivity contribution in [1.82, 2.24) is 0 Å².